The minimum absolute atomic E-state index is 0.134. The van der Waals surface area contributed by atoms with E-state index in [1.165, 1.54) is 324 Å². The molecule has 0 aliphatic heterocycles. The minimum Gasteiger partial charge on any atom is -0.193 e. The van der Waals surface area contributed by atoms with Gasteiger partial charge < -0.3 is 0 Å². The molecule has 436 valence electrons. The van der Waals surface area contributed by atoms with Gasteiger partial charge in [-0.25, -0.2) is 0 Å². The molecule has 2 aliphatic carbocycles. The van der Waals surface area contributed by atoms with Gasteiger partial charge in [-0.05, 0) is 382 Å². The fraction of sp³-hybridized carbons (Fsp3) is 0.0521. The van der Waals surface area contributed by atoms with Crippen LogP contribution in [0.3, 0.4) is 0 Å². The summed E-state index contributed by atoms with van der Waals surface area (Å²) < 4.78 is 0. The summed E-state index contributed by atoms with van der Waals surface area (Å²) in [5.41, 5.74) is 12.2. The largest absolute Gasteiger partial charge is 0.527 e. The molecule has 0 saturated heterocycles. The Morgan fingerprint density at radius 1 is 0.232 bits per heavy atom. The van der Waals surface area contributed by atoms with Crippen LogP contribution < -0.4 is 0 Å². The third-order valence-electron chi connectivity index (χ3n) is 27.7. The Morgan fingerprint density at radius 2 is 0.414 bits per heavy atom. The summed E-state index contributed by atoms with van der Waals surface area (Å²) >= 11 is 0. The zero-order valence-corrected chi connectivity index (χ0v) is 53.5. The van der Waals surface area contributed by atoms with E-state index in [1.54, 1.807) is 0 Å². The van der Waals surface area contributed by atoms with Crippen LogP contribution in [0.1, 0.15) is 51.4 Å². The zero-order valence-electron chi connectivity index (χ0n) is 53.5. The highest BCUT2D eigenvalue weighted by Crippen LogP contribution is 2.69. The number of hydrogen-bond acceptors (Lipinski definition) is 1. The van der Waals surface area contributed by atoms with Gasteiger partial charge in [-0.2, -0.15) is 15.0 Å². The van der Waals surface area contributed by atoms with Crippen LogP contribution in [0.2, 0.25) is 0 Å². The first-order valence-corrected chi connectivity index (χ1v) is 34.9. The van der Waals surface area contributed by atoms with Crippen LogP contribution in [0.4, 0.5) is 0 Å². The molecule has 0 N–H and O–H groups in total. The Kier molecular flexibility index (Phi) is 6.46. The molecule has 3 heteroatoms. The molecule has 28 aromatic rings. The van der Waals surface area contributed by atoms with Gasteiger partial charge in [0.1, 0.15) is 13.1 Å². The Hall–Kier alpha value is -13.0. The van der Waals surface area contributed by atoms with Crippen molar-refractivity contribution in [3.05, 3.63) is 212 Å². The predicted molar refractivity (Wildman–Crippen MR) is 422 cm³/mol. The summed E-state index contributed by atoms with van der Waals surface area (Å²) in [7, 11) is 0. The van der Waals surface area contributed by atoms with Crippen molar-refractivity contribution in [1.82, 2.24) is 0 Å². The number of nitrogens with zero attached hydrogens (tertiary/aromatic N) is 3. The molecule has 0 spiro atoms. The molecule has 0 unspecified atom stereocenters. The smallest absolute Gasteiger partial charge is 0.193 e. The highest BCUT2D eigenvalue weighted by atomic mass is 14.9. The van der Waals surface area contributed by atoms with E-state index in [-0.39, 0.29) is 5.82 Å². The lowest BCUT2D eigenvalue weighted by Gasteiger charge is -2.33. The van der Waals surface area contributed by atoms with E-state index >= 15 is 0 Å². The van der Waals surface area contributed by atoms with Gasteiger partial charge in [-0.1, -0.05) is 121 Å². The maximum atomic E-state index is 10.9. The zero-order chi connectivity index (χ0) is 63.8. The van der Waals surface area contributed by atoms with Gasteiger partial charge in [0, 0.05) is 11.1 Å². The second-order valence-electron chi connectivity index (χ2n) is 30.9. The summed E-state index contributed by atoms with van der Waals surface area (Å²) in [4.78, 5) is 8.02. The van der Waals surface area contributed by atoms with E-state index in [1.807, 2.05) is 6.92 Å². The lowest BCUT2D eigenvalue weighted by molar-refractivity contribution is 1.44. The Morgan fingerprint density at radius 3 is 0.667 bits per heavy atom. The monoisotopic (exact) mass is 1230 g/mol. The maximum Gasteiger partial charge on any atom is 0.527 e. The van der Waals surface area contributed by atoms with Crippen LogP contribution in [0.15, 0.2) is 145 Å². The molecule has 0 amide bonds. The third-order valence-corrected chi connectivity index (χ3v) is 27.7. The molecule has 99 heavy (non-hydrogen) atoms. The summed E-state index contributed by atoms with van der Waals surface area (Å²) in [5.74, 6) is 0.134. The summed E-state index contributed by atoms with van der Waals surface area (Å²) in [6.07, 6.45) is 0. The van der Waals surface area contributed by atoms with Crippen molar-refractivity contribution in [2.45, 2.75) is 34.6 Å². The topological polar surface area (TPSA) is 32.5 Å². The first-order chi connectivity index (χ1) is 48.7. The molecule has 3 nitrogen and oxygen atoms in total. The quantitative estimate of drug-likeness (QED) is 0.0645. The van der Waals surface area contributed by atoms with Gasteiger partial charge in [0.15, 0.2) is 0 Å². The van der Waals surface area contributed by atoms with Crippen molar-refractivity contribution in [2.75, 3.05) is 0 Å². The lowest BCUT2D eigenvalue weighted by Crippen LogP contribution is -2.04. The van der Waals surface area contributed by atoms with Gasteiger partial charge in [-0.15, -0.1) is 0 Å². The van der Waals surface area contributed by atoms with Crippen LogP contribution in [-0.2, 0) is 0 Å². The number of nitriles is 1. The molecule has 30 rings (SSSR count). The van der Waals surface area contributed by atoms with Crippen molar-refractivity contribution in [2.24, 2.45) is 0 Å². The van der Waals surface area contributed by atoms with Crippen LogP contribution >= 0.6 is 0 Å². The summed E-state index contributed by atoms with van der Waals surface area (Å²) in [6, 6.07) is 56.5. The van der Waals surface area contributed by atoms with E-state index in [2.05, 4.69) is 177 Å². The predicted octanol–water partition coefficient (Wildman–Crippen LogP) is 27.2. The fourth-order valence-corrected chi connectivity index (χ4v) is 24.8. The number of allylic oxidation sites excluding steroid dienone is 1. The normalized spacial score (nSPS) is 15.0. The number of fused-ring (bicyclic) bond motifs is 10. The summed E-state index contributed by atoms with van der Waals surface area (Å²) in [6.45, 7) is 28.5. The van der Waals surface area contributed by atoms with E-state index in [0.717, 1.165) is 27.8 Å². The lowest BCUT2D eigenvalue weighted by atomic mass is 9.69. The van der Waals surface area contributed by atoms with Crippen molar-refractivity contribution in [1.29, 1.82) is 5.26 Å². The molecule has 0 aromatic heterocycles. The molecular formula is C96H37N3. The van der Waals surface area contributed by atoms with Crippen LogP contribution in [-0.4, -0.2) is 0 Å². The Bertz CT molecular complexity index is 9250. The molecule has 0 fully saturated rings. The van der Waals surface area contributed by atoms with Crippen LogP contribution in [0.25, 0.3) is 312 Å². The minimum atomic E-state index is 0.134. The van der Waals surface area contributed by atoms with Gasteiger partial charge in [0.2, 0.25) is 0 Å². The maximum absolute atomic E-state index is 10.9. The molecule has 0 saturated carbocycles. The second kappa shape index (κ2) is 13.6. The van der Waals surface area contributed by atoms with E-state index in [9.17, 15) is 5.26 Å². The van der Waals surface area contributed by atoms with E-state index < -0.39 is 0 Å². The molecule has 0 bridgehead atoms. The van der Waals surface area contributed by atoms with E-state index in [0.29, 0.717) is 0 Å². The average Bonchev–Trinajstić information content (AvgIpc) is 1.44. The molecule has 0 radical (unpaired) electrons. The highest BCUT2D eigenvalue weighted by Gasteiger charge is 2.42. The van der Waals surface area contributed by atoms with Crippen LogP contribution in [0, 0.1) is 52.2 Å². The summed E-state index contributed by atoms with van der Waals surface area (Å²) in [5, 5.41) is 83.1. The van der Waals surface area contributed by atoms with Crippen molar-refractivity contribution >= 4 is 302 Å². The van der Waals surface area contributed by atoms with Gasteiger partial charge in [0.25, 0.3) is 0 Å². The number of aryl methyl sites for hydroxylation is 4. The number of benzene rings is 28. The number of hydrogen-bond donors (Lipinski definition) is 0. The first kappa shape index (κ1) is 47.0. The third kappa shape index (κ3) is 4.00. The SMILES string of the molecule is [C-]#[N+]C([N+]#[C-])=C1c2ccc3c4ccc(C)c5c6c(C)ccc7c8cc9c%10ccc%11c%12ccc%13c%14c%15c(ccc%16c%17ccc(C)c%18c%19c(C)ccc%20c%21cc%22c%23ccc%24c%25ccc1c1c2c3c2c(c45)c(c76)c3c8c(c9c%22c4c%10c%11c5c(c%12%14)c(c%16%15)c(c%17%18)c(c%20%19)c5c%214)c%23c%24c3c2c%251)/C%13=C(/C)C#N. The molecule has 28 aromatic carbocycles. The molecule has 2 aliphatic rings. The van der Waals surface area contributed by atoms with Crippen molar-refractivity contribution < 1.29 is 0 Å². The first-order valence-electron chi connectivity index (χ1n) is 34.9. The Labute approximate surface area is 556 Å². The Balaban J connectivity index is 0.947. The number of rotatable bonds is 0. The molecule has 0 atom stereocenters. The van der Waals surface area contributed by atoms with Crippen molar-refractivity contribution in [3.8, 4) is 6.07 Å². The highest BCUT2D eigenvalue weighted by molar-refractivity contribution is 6.69. The van der Waals surface area contributed by atoms with Crippen LogP contribution in [0.5, 0.6) is 0 Å². The standard InChI is InChI=1S/C96H37N3/c1-31-8-12-36-40-20-24-48-56(35(5)30-97)49-25-21-42-38-16-18-46-52-29-55-45-15-11-34(4)60-58-32(2)9-13-37-41-22-26-50-61(96(98-6)99-7)51-27-23-43-39-17-19-47-53-28-54-44-14-10-33(3)59-57(31)62(36)84-86(64(44)59)94-80(54)82(72(46)66(38)88(94)92-69(42)75(49)74(48)68(40)90(84)92)78(53)79(52)83-73(47)67(39)89-93-71(43)77(51)76(50)70(41)91(93)85(63(37)58)87(65(45)60)95(89)81(55)83/h8-29H,1-5H3/b56-35+. The van der Waals surface area contributed by atoms with E-state index in [4.69, 9.17) is 13.1 Å². The fourth-order valence-electron chi connectivity index (χ4n) is 24.8. The van der Waals surface area contributed by atoms with Gasteiger partial charge in [-0.3, -0.25) is 0 Å². The second-order valence-corrected chi connectivity index (χ2v) is 30.9. The molecular weight excluding hydrogens is 1200 g/mol. The molecule has 0 heterocycles. The van der Waals surface area contributed by atoms with Gasteiger partial charge in [0.05, 0.1) is 11.6 Å². The van der Waals surface area contributed by atoms with Crippen molar-refractivity contribution in [3.63, 3.8) is 0 Å². The average molecular weight is 1230 g/mol. The van der Waals surface area contributed by atoms with Gasteiger partial charge >= 0.3 is 5.82 Å².